The predicted molar refractivity (Wildman–Crippen MR) is 100 cm³/mol. The molecular formula is C19H40N4. The van der Waals surface area contributed by atoms with Crippen LogP contribution in [-0.4, -0.2) is 97.1 Å². The van der Waals surface area contributed by atoms with E-state index in [1.54, 1.807) is 0 Å². The minimum absolute atomic E-state index is 0.714. The van der Waals surface area contributed by atoms with Gasteiger partial charge in [0.25, 0.3) is 0 Å². The van der Waals surface area contributed by atoms with Gasteiger partial charge in [-0.25, -0.2) is 0 Å². The Morgan fingerprint density at radius 2 is 1.74 bits per heavy atom. The summed E-state index contributed by atoms with van der Waals surface area (Å²) in [6, 6.07) is 2.34. The summed E-state index contributed by atoms with van der Waals surface area (Å²) in [7, 11) is 2.21. The van der Waals surface area contributed by atoms with Crippen molar-refractivity contribution in [3.05, 3.63) is 0 Å². The molecule has 4 nitrogen and oxygen atoms in total. The predicted octanol–water partition coefficient (Wildman–Crippen LogP) is 2.21. The van der Waals surface area contributed by atoms with Crippen LogP contribution in [-0.2, 0) is 0 Å². The summed E-state index contributed by atoms with van der Waals surface area (Å²) in [5.41, 5.74) is 0. The van der Waals surface area contributed by atoms with Crippen molar-refractivity contribution in [3.8, 4) is 0 Å². The SMILES string of the molecule is CC(C)N1CCN(C)[C@H](C)C1.CCN1CCN2CCCC[C@@H]2C1. The molecule has 3 saturated heterocycles. The van der Waals surface area contributed by atoms with Gasteiger partial charge < -0.3 is 9.80 Å². The van der Waals surface area contributed by atoms with Gasteiger partial charge in [-0.1, -0.05) is 13.3 Å². The minimum Gasteiger partial charge on any atom is -0.301 e. The van der Waals surface area contributed by atoms with Gasteiger partial charge in [0.15, 0.2) is 0 Å². The zero-order valence-corrected chi connectivity index (χ0v) is 16.3. The van der Waals surface area contributed by atoms with Gasteiger partial charge in [0.05, 0.1) is 0 Å². The number of likely N-dealkylation sites (N-methyl/N-ethyl adjacent to an activating group) is 2. The smallest absolute Gasteiger partial charge is 0.0223 e. The van der Waals surface area contributed by atoms with E-state index < -0.39 is 0 Å². The fourth-order valence-corrected chi connectivity index (χ4v) is 4.05. The second-order valence-electron chi connectivity index (χ2n) is 8.00. The summed E-state index contributed by atoms with van der Waals surface area (Å²) in [6.07, 6.45) is 4.33. The van der Waals surface area contributed by atoms with Gasteiger partial charge in [-0.15, -0.1) is 0 Å². The van der Waals surface area contributed by atoms with Gasteiger partial charge in [0.2, 0.25) is 0 Å². The third-order valence-electron chi connectivity index (χ3n) is 6.09. The maximum Gasteiger partial charge on any atom is 0.0223 e. The van der Waals surface area contributed by atoms with Crippen molar-refractivity contribution in [2.75, 3.05) is 59.4 Å². The van der Waals surface area contributed by atoms with Crippen LogP contribution in [0.3, 0.4) is 0 Å². The van der Waals surface area contributed by atoms with Crippen LogP contribution in [0.15, 0.2) is 0 Å². The molecule has 0 aromatic rings. The molecule has 136 valence electrons. The number of hydrogen-bond acceptors (Lipinski definition) is 4. The Balaban J connectivity index is 0.000000168. The lowest BCUT2D eigenvalue weighted by atomic mass is 10.00. The molecule has 0 bridgehead atoms. The summed E-state index contributed by atoms with van der Waals surface area (Å²) in [4.78, 5) is 10.3. The number of piperazine rings is 2. The zero-order chi connectivity index (χ0) is 16.8. The molecule has 0 saturated carbocycles. The number of hydrogen-bond donors (Lipinski definition) is 0. The lowest BCUT2D eigenvalue weighted by Gasteiger charge is -2.43. The second kappa shape index (κ2) is 9.36. The zero-order valence-electron chi connectivity index (χ0n) is 16.3. The van der Waals surface area contributed by atoms with E-state index in [1.165, 1.54) is 71.6 Å². The van der Waals surface area contributed by atoms with E-state index in [-0.39, 0.29) is 0 Å². The van der Waals surface area contributed by atoms with Crippen LogP contribution >= 0.6 is 0 Å². The first-order valence-electron chi connectivity index (χ1n) is 9.92. The number of piperidine rings is 1. The van der Waals surface area contributed by atoms with Crippen molar-refractivity contribution >= 4 is 0 Å². The van der Waals surface area contributed by atoms with Crippen LogP contribution in [0.4, 0.5) is 0 Å². The fourth-order valence-electron chi connectivity index (χ4n) is 4.05. The van der Waals surface area contributed by atoms with Crippen LogP contribution in [0.25, 0.3) is 0 Å². The first-order chi connectivity index (χ1) is 11.0. The molecule has 0 aromatic carbocycles. The summed E-state index contributed by atoms with van der Waals surface area (Å²) in [5.74, 6) is 0. The highest BCUT2D eigenvalue weighted by Gasteiger charge is 2.27. The normalized spacial score (nSPS) is 31.6. The topological polar surface area (TPSA) is 13.0 Å². The lowest BCUT2D eigenvalue weighted by molar-refractivity contribution is 0.0522. The van der Waals surface area contributed by atoms with Crippen LogP contribution in [0.1, 0.15) is 47.0 Å². The van der Waals surface area contributed by atoms with Gasteiger partial charge in [0, 0.05) is 57.4 Å². The molecule has 3 heterocycles. The molecule has 2 atom stereocenters. The Kier molecular flexibility index (Phi) is 7.80. The summed E-state index contributed by atoms with van der Waals surface area (Å²) in [5, 5.41) is 0. The molecule has 0 aliphatic carbocycles. The average Bonchev–Trinajstić information content (AvgIpc) is 2.57. The highest BCUT2D eigenvalue weighted by Crippen LogP contribution is 2.20. The van der Waals surface area contributed by atoms with E-state index in [4.69, 9.17) is 0 Å². The first-order valence-corrected chi connectivity index (χ1v) is 9.92. The Bertz CT molecular complexity index is 333. The lowest BCUT2D eigenvalue weighted by Crippen LogP contribution is -2.54. The average molecular weight is 325 g/mol. The highest BCUT2D eigenvalue weighted by molar-refractivity contribution is 4.84. The van der Waals surface area contributed by atoms with Gasteiger partial charge in [-0.05, 0) is 53.8 Å². The van der Waals surface area contributed by atoms with Crippen molar-refractivity contribution < 1.29 is 0 Å². The first kappa shape index (κ1) is 19.2. The molecule has 0 aromatic heterocycles. The number of fused-ring (bicyclic) bond motifs is 1. The Morgan fingerprint density at radius 1 is 0.957 bits per heavy atom. The van der Waals surface area contributed by atoms with Gasteiger partial charge in [-0.3, -0.25) is 9.80 Å². The van der Waals surface area contributed by atoms with Crippen LogP contribution in [0, 0.1) is 0 Å². The van der Waals surface area contributed by atoms with Crippen molar-refractivity contribution in [2.45, 2.75) is 65.1 Å². The molecule has 3 rings (SSSR count). The van der Waals surface area contributed by atoms with Crippen molar-refractivity contribution in [1.29, 1.82) is 0 Å². The number of rotatable bonds is 2. The second-order valence-corrected chi connectivity index (χ2v) is 8.00. The van der Waals surface area contributed by atoms with Crippen molar-refractivity contribution in [1.82, 2.24) is 19.6 Å². The molecule has 23 heavy (non-hydrogen) atoms. The molecule has 3 aliphatic heterocycles. The van der Waals surface area contributed by atoms with E-state index in [0.717, 1.165) is 12.1 Å². The van der Waals surface area contributed by atoms with Crippen molar-refractivity contribution in [3.63, 3.8) is 0 Å². The maximum absolute atomic E-state index is 2.69. The van der Waals surface area contributed by atoms with Gasteiger partial charge in [0.1, 0.15) is 0 Å². The van der Waals surface area contributed by atoms with E-state index in [1.807, 2.05) is 0 Å². The standard InChI is InChI=1S/C10H20N2.C9H20N2/c1-2-11-7-8-12-6-4-3-5-10(12)9-11;1-8(2)11-6-5-10(4)9(3)7-11/h10H,2-9H2,1H3;8-9H,5-7H2,1-4H3/t10-;9-/m11/s1. The van der Waals surface area contributed by atoms with Crippen molar-refractivity contribution in [2.24, 2.45) is 0 Å². The third-order valence-corrected chi connectivity index (χ3v) is 6.09. The number of nitrogens with zero attached hydrogens (tertiary/aromatic N) is 4. The molecule has 4 heteroatoms. The maximum atomic E-state index is 2.69. The minimum atomic E-state index is 0.714. The molecule has 0 radical (unpaired) electrons. The molecule has 0 unspecified atom stereocenters. The van der Waals surface area contributed by atoms with Crippen LogP contribution in [0.5, 0.6) is 0 Å². The largest absolute Gasteiger partial charge is 0.301 e. The van der Waals surface area contributed by atoms with Gasteiger partial charge in [-0.2, -0.15) is 0 Å². The quantitative estimate of drug-likeness (QED) is 0.772. The molecule has 3 aliphatic rings. The summed E-state index contributed by atoms with van der Waals surface area (Å²) < 4.78 is 0. The van der Waals surface area contributed by atoms with Crippen LogP contribution < -0.4 is 0 Å². The summed E-state index contributed by atoms with van der Waals surface area (Å²) >= 11 is 0. The highest BCUT2D eigenvalue weighted by atomic mass is 15.3. The molecule has 3 fully saturated rings. The van der Waals surface area contributed by atoms with E-state index in [0.29, 0.717) is 6.04 Å². The molecule has 0 amide bonds. The van der Waals surface area contributed by atoms with E-state index in [9.17, 15) is 0 Å². The van der Waals surface area contributed by atoms with Crippen LogP contribution in [0.2, 0.25) is 0 Å². The molecular weight excluding hydrogens is 284 g/mol. The summed E-state index contributed by atoms with van der Waals surface area (Å²) in [6.45, 7) is 19.4. The Labute approximate surface area is 144 Å². The molecule has 0 spiro atoms. The third kappa shape index (κ3) is 5.70. The fraction of sp³-hybridized carbons (Fsp3) is 1.00. The monoisotopic (exact) mass is 324 g/mol. The molecule has 0 N–H and O–H groups in total. The van der Waals surface area contributed by atoms with Gasteiger partial charge >= 0.3 is 0 Å². The Hall–Kier alpha value is -0.160. The van der Waals surface area contributed by atoms with E-state index in [2.05, 4.69) is 54.3 Å². The van der Waals surface area contributed by atoms with E-state index >= 15 is 0 Å². The Morgan fingerprint density at radius 3 is 2.39 bits per heavy atom.